The van der Waals surface area contributed by atoms with Gasteiger partial charge in [-0.3, -0.25) is 14.2 Å². The highest BCUT2D eigenvalue weighted by molar-refractivity contribution is 7.00. The van der Waals surface area contributed by atoms with Crippen molar-refractivity contribution in [1.29, 1.82) is 0 Å². The molecular weight excluding hydrogens is 414 g/mol. The number of nitrogens with one attached hydrogen (secondary N) is 1. The Hall–Kier alpha value is -3.92. The van der Waals surface area contributed by atoms with Gasteiger partial charge in [-0.2, -0.15) is 13.8 Å². The van der Waals surface area contributed by atoms with Crippen molar-refractivity contribution < 1.29 is 4.79 Å². The summed E-state index contributed by atoms with van der Waals surface area (Å²) in [7, 11) is 0. The summed E-state index contributed by atoms with van der Waals surface area (Å²) in [6.07, 6.45) is 3.06. The number of benzene rings is 2. The number of carbonyl (C=O) groups is 1. The van der Waals surface area contributed by atoms with Crippen LogP contribution in [0.5, 0.6) is 0 Å². The zero-order valence-corrected chi connectivity index (χ0v) is 17.1. The topological polar surface area (TPSA) is 108 Å². The molecule has 31 heavy (non-hydrogen) atoms. The standard InChI is InChI=1S/C21H17N7O2S/c29-20(15-6-7-17-18(10-15)26-31-25-17)22-8-9-28-19-16(11-24-28)21(30)27(13-23-19)12-14-4-2-1-3-5-14/h1-7,10-11,13H,8-9,12H2,(H,22,29). The molecule has 5 aromatic rings. The normalized spacial score (nSPS) is 11.2. The predicted octanol–water partition coefficient (Wildman–Crippen LogP) is 2.08. The van der Waals surface area contributed by atoms with Crippen LogP contribution >= 0.6 is 11.7 Å². The zero-order chi connectivity index (χ0) is 21.2. The Bertz CT molecular complexity index is 1440. The third kappa shape index (κ3) is 3.80. The summed E-state index contributed by atoms with van der Waals surface area (Å²) in [5, 5.41) is 7.59. The summed E-state index contributed by atoms with van der Waals surface area (Å²) in [5.74, 6) is -0.204. The van der Waals surface area contributed by atoms with Gasteiger partial charge in [-0.25, -0.2) is 9.67 Å². The first-order valence-electron chi connectivity index (χ1n) is 9.64. The molecule has 0 atom stereocenters. The molecule has 0 aliphatic rings. The van der Waals surface area contributed by atoms with Gasteiger partial charge in [0.15, 0.2) is 5.65 Å². The Balaban J connectivity index is 1.28. The maximum absolute atomic E-state index is 12.8. The minimum absolute atomic E-state index is 0.144. The smallest absolute Gasteiger partial charge is 0.264 e. The molecule has 0 spiro atoms. The van der Waals surface area contributed by atoms with E-state index >= 15 is 0 Å². The highest BCUT2D eigenvalue weighted by Crippen LogP contribution is 2.13. The molecule has 1 N–H and O–H groups in total. The van der Waals surface area contributed by atoms with Crippen LogP contribution in [0.3, 0.4) is 0 Å². The number of hydrogen-bond acceptors (Lipinski definition) is 7. The molecule has 3 aromatic heterocycles. The molecule has 0 saturated carbocycles. The van der Waals surface area contributed by atoms with Crippen LogP contribution in [0.2, 0.25) is 0 Å². The van der Waals surface area contributed by atoms with E-state index in [2.05, 4.69) is 24.1 Å². The number of nitrogens with zero attached hydrogens (tertiary/aromatic N) is 6. The van der Waals surface area contributed by atoms with Crippen molar-refractivity contribution in [2.45, 2.75) is 13.1 Å². The van der Waals surface area contributed by atoms with Crippen LogP contribution in [0.1, 0.15) is 15.9 Å². The van der Waals surface area contributed by atoms with Crippen LogP contribution < -0.4 is 10.9 Å². The number of rotatable bonds is 6. The number of hydrogen-bond donors (Lipinski definition) is 1. The molecule has 9 nitrogen and oxygen atoms in total. The fraction of sp³-hybridized carbons (Fsp3) is 0.143. The molecule has 10 heteroatoms. The third-order valence-corrected chi connectivity index (χ3v) is 5.50. The average Bonchev–Trinajstić information content (AvgIpc) is 3.43. The van der Waals surface area contributed by atoms with Gasteiger partial charge >= 0.3 is 0 Å². The Morgan fingerprint density at radius 3 is 2.77 bits per heavy atom. The van der Waals surface area contributed by atoms with E-state index in [0.29, 0.717) is 41.7 Å². The molecule has 0 fully saturated rings. The van der Waals surface area contributed by atoms with E-state index in [4.69, 9.17) is 0 Å². The van der Waals surface area contributed by atoms with Gasteiger partial charge in [0, 0.05) is 12.1 Å². The lowest BCUT2D eigenvalue weighted by atomic mass is 10.2. The van der Waals surface area contributed by atoms with E-state index in [1.807, 2.05) is 30.3 Å². The second-order valence-corrected chi connectivity index (χ2v) is 7.52. The van der Waals surface area contributed by atoms with Gasteiger partial charge in [0.2, 0.25) is 0 Å². The highest BCUT2D eigenvalue weighted by atomic mass is 32.1. The van der Waals surface area contributed by atoms with Gasteiger partial charge < -0.3 is 5.32 Å². The van der Waals surface area contributed by atoms with Crippen molar-refractivity contribution in [1.82, 2.24) is 33.4 Å². The predicted molar refractivity (Wildman–Crippen MR) is 117 cm³/mol. The van der Waals surface area contributed by atoms with E-state index in [1.54, 1.807) is 27.4 Å². The van der Waals surface area contributed by atoms with Gasteiger partial charge in [-0.05, 0) is 23.8 Å². The Morgan fingerprint density at radius 1 is 1.06 bits per heavy atom. The summed E-state index contributed by atoms with van der Waals surface area (Å²) in [5.41, 5.74) is 3.37. The zero-order valence-electron chi connectivity index (χ0n) is 16.3. The van der Waals surface area contributed by atoms with Crippen molar-refractivity contribution in [2.75, 3.05) is 6.54 Å². The Labute approximate surface area is 180 Å². The lowest BCUT2D eigenvalue weighted by molar-refractivity contribution is 0.0952. The summed E-state index contributed by atoms with van der Waals surface area (Å²) >= 11 is 1.12. The first kappa shape index (κ1) is 19.1. The molecule has 0 aliphatic heterocycles. The molecule has 0 saturated heterocycles. The van der Waals surface area contributed by atoms with Gasteiger partial charge in [-0.1, -0.05) is 30.3 Å². The molecule has 0 radical (unpaired) electrons. The van der Waals surface area contributed by atoms with Crippen molar-refractivity contribution in [3.8, 4) is 0 Å². The van der Waals surface area contributed by atoms with E-state index in [9.17, 15) is 9.59 Å². The summed E-state index contributed by atoms with van der Waals surface area (Å²) in [4.78, 5) is 29.6. The number of carbonyl (C=O) groups excluding carboxylic acids is 1. The molecule has 1 amide bonds. The lowest BCUT2D eigenvalue weighted by Crippen LogP contribution is -2.27. The molecule has 0 aliphatic carbocycles. The van der Waals surface area contributed by atoms with Gasteiger partial charge in [-0.15, -0.1) is 0 Å². The number of fused-ring (bicyclic) bond motifs is 2. The minimum atomic E-state index is -0.204. The van der Waals surface area contributed by atoms with Gasteiger partial charge in [0.25, 0.3) is 11.5 Å². The second-order valence-electron chi connectivity index (χ2n) is 6.99. The number of aromatic nitrogens is 6. The van der Waals surface area contributed by atoms with E-state index < -0.39 is 0 Å². The summed E-state index contributed by atoms with van der Waals surface area (Å²) < 4.78 is 11.5. The van der Waals surface area contributed by atoms with Gasteiger partial charge in [0.05, 0.1) is 31.0 Å². The van der Waals surface area contributed by atoms with E-state index in [1.165, 1.54) is 12.5 Å². The van der Waals surface area contributed by atoms with Crippen molar-refractivity contribution in [3.05, 3.63) is 82.5 Å². The summed E-state index contributed by atoms with van der Waals surface area (Å²) in [6, 6.07) is 14.9. The van der Waals surface area contributed by atoms with Crippen molar-refractivity contribution in [3.63, 3.8) is 0 Å². The molecule has 0 bridgehead atoms. The SMILES string of the molecule is O=C(NCCn1ncc2c(=O)n(Cc3ccccc3)cnc21)c1ccc2nsnc2c1. The second kappa shape index (κ2) is 8.07. The average molecular weight is 431 g/mol. The maximum Gasteiger partial charge on any atom is 0.264 e. The lowest BCUT2D eigenvalue weighted by Gasteiger charge is -2.07. The molecule has 2 aromatic carbocycles. The fourth-order valence-corrected chi connectivity index (χ4v) is 3.87. The maximum atomic E-state index is 12.8. The van der Waals surface area contributed by atoms with Crippen molar-refractivity contribution in [2.24, 2.45) is 0 Å². The monoisotopic (exact) mass is 431 g/mol. The quantitative estimate of drug-likeness (QED) is 0.441. The first-order chi connectivity index (χ1) is 15.2. The van der Waals surface area contributed by atoms with Crippen molar-refractivity contribution >= 4 is 39.7 Å². The third-order valence-electron chi connectivity index (χ3n) is 4.94. The van der Waals surface area contributed by atoms with Crippen LogP contribution in [-0.2, 0) is 13.1 Å². The summed E-state index contributed by atoms with van der Waals surface area (Å²) in [6.45, 7) is 1.19. The largest absolute Gasteiger partial charge is 0.350 e. The number of amides is 1. The Kier molecular flexibility index (Phi) is 4.97. The molecular formula is C21H17N7O2S. The molecule has 5 rings (SSSR count). The molecule has 0 unspecified atom stereocenters. The highest BCUT2D eigenvalue weighted by Gasteiger charge is 2.12. The van der Waals surface area contributed by atoms with Crippen LogP contribution in [0.25, 0.3) is 22.1 Å². The van der Waals surface area contributed by atoms with Gasteiger partial charge in [0.1, 0.15) is 22.7 Å². The fourth-order valence-electron chi connectivity index (χ4n) is 3.35. The van der Waals surface area contributed by atoms with E-state index in [0.717, 1.165) is 22.8 Å². The molecule has 154 valence electrons. The van der Waals surface area contributed by atoms with Crippen LogP contribution in [0.15, 0.2) is 65.8 Å². The van der Waals surface area contributed by atoms with E-state index in [-0.39, 0.29) is 11.5 Å². The Morgan fingerprint density at radius 2 is 1.90 bits per heavy atom. The van der Waals surface area contributed by atoms with Crippen LogP contribution in [-0.4, -0.2) is 40.5 Å². The minimum Gasteiger partial charge on any atom is -0.350 e. The van der Waals surface area contributed by atoms with Crippen LogP contribution in [0.4, 0.5) is 0 Å². The molecule has 3 heterocycles. The first-order valence-corrected chi connectivity index (χ1v) is 10.4. The van der Waals surface area contributed by atoms with Crippen LogP contribution in [0, 0.1) is 0 Å².